The number of alkyl halides is 3. The Morgan fingerprint density at radius 2 is 1.82 bits per heavy atom. The zero-order valence-corrected chi connectivity index (χ0v) is 21.3. The Hall–Kier alpha value is -4.39. The highest BCUT2D eigenvalue weighted by atomic mass is 35.5. The summed E-state index contributed by atoms with van der Waals surface area (Å²) in [6, 6.07) is 10.6. The molecule has 5 rings (SSSR count). The molecule has 0 saturated heterocycles. The summed E-state index contributed by atoms with van der Waals surface area (Å²) in [6.45, 7) is 2.61. The molecule has 0 saturated carbocycles. The molecule has 5 aromatic rings. The van der Waals surface area contributed by atoms with Crippen molar-refractivity contribution in [2.24, 2.45) is 7.05 Å². The van der Waals surface area contributed by atoms with Crippen LogP contribution in [0.25, 0.3) is 11.0 Å². The van der Waals surface area contributed by atoms with Gasteiger partial charge in [-0.05, 0) is 31.2 Å². The van der Waals surface area contributed by atoms with Crippen LogP contribution < -0.4 is 15.4 Å². The van der Waals surface area contributed by atoms with Gasteiger partial charge < -0.3 is 19.9 Å². The standard InChI is InChI=1S/C25H21ClF4N8O/c1-3-38-20-8-16(34-22-10-21(25(28,29)30)37(2)36-22)5-7-19(20)35-23(38)31-11-14-4-6-17(9-18(14)27)39-24-32-12-15(26)13-33-24/h4-10,12-13H,3,11H2,1-2H3,(H,31,35)(H,34,36). The molecular formula is C25H21ClF4N8O. The Labute approximate surface area is 224 Å². The first-order chi connectivity index (χ1) is 18.6. The Morgan fingerprint density at radius 1 is 1.05 bits per heavy atom. The van der Waals surface area contributed by atoms with E-state index in [0.717, 1.165) is 16.3 Å². The predicted molar refractivity (Wildman–Crippen MR) is 138 cm³/mol. The van der Waals surface area contributed by atoms with E-state index in [9.17, 15) is 17.6 Å². The largest absolute Gasteiger partial charge is 0.433 e. The molecule has 202 valence electrons. The lowest BCUT2D eigenvalue weighted by Crippen LogP contribution is -2.11. The van der Waals surface area contributed by atoms with Crippen molar-refractivity contribution in [1.29, 1.82) is 0 Å². The fourth-order valence-electron chi connectivity index (χ4n) is 3.96. The van der Waals surface area contributed by atoms with Crippen molar-refractivity contribution in [3.8, 4) is 11.8 Å². The number of rotatable bonds is 8. The maximum Gasteiger partial charge on any atom is 0.433 e. The molecule has 0 amide bonds. The quantitative estimate of drug-likeness (QED) is 0.208. The monoisotopic (exact) mass is 560 g/mol. The van der Waals surface area contributed by atoms with Gasteiger partial charge in [-0.25, -0.2) is 19.3 Å². The molecule has 0 fully saturated rings. The highest BCUT2D eigenvalue weighted by Crippen LogP contribution is 2.32. The van der Waals surface area contributed by atoms with Gasteiger partial charge in [-0.2, -0.15) is 18.3 Å². The topological polar surface area (TPSA) is 94.7 Å². The minimum Gasteiger partial charge on any atom is -0.424 e. The lowest BCUT2D eigenvalue weighted by molar-refractivity contribution is -0.143. The van der Waals surface area contributed by atoms with E-state index in [1.165, 1.54) is 25.5 Å². The molecule has 0 aliphatic carbocycles. The van der Waals surface area contributed by atoms with Crippen LogP contribution in [0.1, 0.15) is 18.2 Å². The number of aromatic nitrogens is 6. The van der Waals surface area contributed by atoms with Gasteiger partial charge in [0.05, 0.1) is 28.4 Å². The van der Waals surface area contributed by atoms with Crippen molar-refractivity contribution >= 4 is 40.1 Å². The molecule has 39 heavy (non-hydrogen) atoms. The average Bonchev–Trinajstić information content (AvgIpc) is 3.44. The van der Waals surface area contributed by atoms with Gasteiger partial charge in [0.15, 0.2) is 5.82 Å². The highest BCUT2D eigenvalue weighted by Gasteiger charge is 2.35. The molecule has 3 aromatic heterocycles. The number of halogens is 5. The number of ether oxygens (including phenoxy) is 1. The number of nitrogens with one attached hydrogen (secondary N) is 2. The third-order valence-corrected chi connectivity index (χ3v) is 5.97. The number of hydrogen-bond donors (Lipinski definition) is 2. The summed E-state index contributed by atoms with van der Waals surface area (Å²) >= 11 is 5.76. The molecule has 0 aliphatic rings. The van der Waals surface area contributed by atoms with E-state index in [4.69, 9.17) is 16.3 Å². The molecular weight excluding hydrogens is 540 g/mol. The number of fused-ring (bicyclic) bond motifs is 1. The van der Waals surface area contributed by atoms with Crippen molar-refractivity contribution in [2.45, 2.75) is 26.2 Å². The van der Waals surface area contributed by atoms with Crippen LogP contribution in [0.2, 0.25) is 5.02 Å². The van der Waals surface area contributed by atoms with Gasteiger partial charge in [0, 0.05) is 43.5 Å². The maximum atomic E-state index is 14.8. The fourth-order valence-corrected chi connectivity index (χ4v) is 4.06. The Kier molecular flexibility index (Phi) is 7.00. The van der Waals surface area contributed by atoms with Crippen LogP contribution in [0.5, 0.6) is 11.8 Å². The fraction of sp³-hybridized carbons (Fsp3) is 0.200. The molecule has 0 atom stereocenters. The van der Waals surface area contributed by atoms with Gasteiger partial charge in [0.25, 0.3) is 0 Å². The van der Waals surface area contributed by atoms with Gasteiger partial charge in [0.1, 0.15) is 17.3 Å². The van der Waals surface area contributed by atoms with E-state index in [-0.39, 0.29) is 24.1 Å². The molecule has 2 N–H and O–H groups in total. The van der Waals surface area contributed by atoms with Gasteiger partial charge in [-0.15, -0.1) is 0 Å². The smallest absolute Gasteiger partial charge is 0.424 e. The van der Waals surface area contributed by atoms with Crippen LogP contribution in [-0.4, -0.2) is 29.3 Å². The normalized spacial score (nSPS) is 11.7. The van der Waals surface area contributed by atoms with E-state index in [1.54, 1.807) is 30.3 Å². The minimum absolute atomic E-state index is 0.0408. The second-order valence-corrected chi connectivity index (χ2v) is 8.87. The van der Waals surface area contributed by atoms with E-state index in [2.05, 4.69) is 30.7 Å². The number of aryl methyl sites for hydroxylation is 2. The number of imidazole rings is 1. The molecule has 9 nitrogen and oxygen atoms in total. The molecule has 0 unspecified atom stereocenters. The van der Waals surface area contributed by atoms with Crippen LogP contribution in [0.4, 0.5) is 35.0 Å². The zero-order valence-electron chi connectivity index (χ0n) is 20.6. The second-order valence-electron chi connectivity index (χ2n) is 8.44. The summed E-state index contributed by atoms with van der Waals surface area (Å²) in [5.41, 5.74) is 1.47. The molecule has 0 bridgehead atoms. The lowest BCUT2D eigenvalue weighted by atomic mass is 10.2. The lowest BCUT2D eigenvalue weighted by Gasteiger charge is -2.11. The first-order valence-corrected chi connectivity index (χ1v) is 12.0. The maximum absolute atomic E-state index is 14.8. The molecule has 0 aliphatic heterocycles. The van der Waals surface area contributed by atoms with E-state index < -0.39 is 17.7 Å². The summed E-state index contributed by atoms with van der Waals surface area (Å²) in [6.07, 6.45) is -1.76. The van der Waals surface area contributed by atoms with Crippen molar-refractivity contribution in [1.82, 2.24) is 29.3 Å². The van der Waals surface area contributed by atoms with Crippen LogP contribution in [0, 0.1) is 5.82 Å². The predicted octanol–water partition coefficient (Wildman–Crippen LogP) is 6.54. The number of benzene rings is 2. The van der Waals surface area contributed by atoms with E-state index >= 15 is 0 Å². The van der Waals surface area contributed by atoms with Crippen LogP contribution in [-0.2, 0) is 26.3 Å². The van der Waals surface area contributed by atoms with Crippen molar-refractivity contribution in [3.63, 3.8) is 0 Å². The van der Waals surface area contributed by atoms with E-state index in [1.807, 2.05) is 11.5 Å². The number of nitrogens with zero attached hydrogens (tertiary/aromatic N) is 6. The summed E-state index contributed by atoms with van der Waals surface area (Å²) in [7, 11) is 1.23. The summed E-state index contributed by atoms with van der Waals surface area (Å²) < 4.78 is 62.2. The van der Waals surface area contributed by atoms with Crippen LogP contribution in [0.15, 0.2) is 54.9 Å². The van der Waals surface area contributed by atoms with Crippen molar-refractivity contribution in [3.05, 3.63) is 77.0 Å². The molecule has 14 heteroatoms. The molecule has 2 aromatic carbocycles. The van der Waals surface area contributed by atoms with Crippen molar-refractivity contribution < 1.29 is 22.3 Å². The van der Waals surface area contributed by atoms with Crippen LogP contribution in [0.3, 0.4) is 0 Å². The summed E-state index contributed by atoms with van der Waals surface area (Å²) in [5.74, 6) is 0.314. The van der Waals surface area contributed by atoms with Gasteiger partial charge in [0.2, 0.25) is 5.95 Å². The Bertz CT molecular complexity index is 1630. The van der Waals surface area contributed by atoms with E-state index in [0.29, 0.717) is 34.3 Å². The van der Waals surface area contributed by atoms with Crippen molar-refractivity contribution in [2.75, 3.05) is 10.6 Å². The first kappa shape index (κ1) is 26.2. The Morgan fingerprint density at radius 3 is 2.49 bits per heavy atom. The molecule has 0 spiro atoms. The number of anilines is 3. The third-order valence-electron chi connectivity index (χ3n) is 5.77. The van der Waals surface area contributed by atoms with Crippen LogP contribution >= 0.6 is 11.6 Å². The van der Waals surface area contributed by atoms with Gasteiger partial charge in [-0.3, -0.25) is 4.68 Å². The molecule has 0 radical (unpaired) electrons. The first-order valence-electron chi connectivity index (χ1n) is 11.7. The SMILES string of the molecule is CCn1c(NCc2ccc(Oc3ncc(Cl)cn3)cc2F)nc2ccc(Nc3cc(C(F)(F)F)n(C)n3)cc21. The minimum atomic E-state index is -4.51. The zero-order chi connectivity index (χ0) is 27.7. The Balaban J connectivity index is 1.31. The highest BCUT2D eigenvalue weighted by molar-refractivity contribution is 6.30. The molecule has 3 heterocycles. The second kappa shape index (κ2) is 10.4. The summed E-state index contributed by atoms with van der Waals surface area (Å²) in [5, 5.41) is 10.3. The summed E-state index contributed by atoms with van der Waals surface area (Å²) in [4.78, 5) is 12.4. The third kappa shape index (κ3) is 5.72. The van der Waals surface area contributed by atoms with Gasteiger partial charge in [-0.1, -0.05) is 17.7 Å². The average molecular weight is 561 g/mol. The van der Waals surface area contributed by atoms with Gasteiger partial charge >= 0.3 is 12.2 Å². The number of hydrogen-bond acceptors (Lipinski definition) is 7.